The van der Waals surface area contributed by atoms with Crippen LogP contribution in [-0.4, -0.2) is 39.3 Å². The lowest BCUT2D eigenvalue weighted by Crippen LogP contribution is -2.00. The second kappa shape index (κ2) is 13.7. The van der Waals surface area contributed by atoms with Crippen LogP contribution in [0.15, 0.2) is 106 Å². The number of fused-ring (bicyclic) bond motifs is 1. The number of ether oxygens (including phenoxy) is 4. The smallest absolute Gasteiger partial charge is 0.193 e. The highest BCUT2D eigenvalue weighted by molar-refractivity contribution is 6.10. The fourth-order valence-corrected chi connectivity index (χ4v) is 4.10. The Morgan fingerprint density at radius 1 is 0.738 bits per heavy atom. The second-order valence-electron chi connectivity index (χ2n) is 8.90. The van der Waals surface area contributed by atoms with Crippen molar-refractivity contribution in [1.29, 1.82) is 0 Å². The summed E-state index contributed by atoms with van der Waals surface area (Å²) < 4.78 is 26.4. The molecule has 4 aromatic carbocycles. The predicted molar refractivity (Wildman–Crippen MR) is 162 cm³/mol. The lowest BCUT2D eigenvalue weighted by atomic mass is 10.1. The molecule has 8 heteroatoms. The zero-order chi connectivity index (χ0) is 30.1. The average Bonchev–Trinajstić information content (AvgIpc) is 3.03. The highest BCUT2D eigenvalue weighted by atomic mass is 16.5. The van der Waals surface area contributed by atoms with E-state index in [4.69, 9.17) is 23.4 Å². The summed E-state index contributed by atoms with van der Waals surface area (Å²) in [6, 6.07) is 26.4. The lowest BCUT2D eigenvalue weighted by molar-refractivity contribution is 0.104. The molecule has 0 fully saturated rings. The molecule has 1 N–H and O–H groups in total. The molecule has 42 heavy (non-hydrogen) atoms. The molecule has 0 bridgehead atoms. The quantitative estimate of drug-likeness (QED) is 0.162. The third-order valence-electron chi connectivity index (χ3n) is 6.27. The minimum atomic E-state index is -0.337. The van der Waals surface area contributed by atoms with Crippen LogP contribution in [0.5, 0.6) is 28.7 Å². The molecule has 8 nitrogen and oxygen atoms in total. The molecule has 0 spiro atoms. The number of aromatic hydroxyl groups is 1. The number of allylic oxidation sites excluding steroid dienone is 1. The number of hydrogen-bond donors (Lipinski definition) is 1. The first kappa shape index (κ1) is 29.5. The summed E-state index contributed by atoms with van der Waals surface area (Å²) in [5.74, 6) is 2.04. The van der Waals surface area contributed by atoms with Gasteiger partial charge in [0.2, 0.25) is 0 Å². The highest BCUT2D eigenvalue weighted by Gasteiger charge is 2.17. The van der Waals surface area contributed by atoms with Crippen LogP contribution in [-0.2, 0) is 0 Å². The SMILES string of the molecule is COc1cc(O)c(C(=O)C=Cc2ccccc2)c(OC)c1.COc1cccc(-c2cc(=O)c3ccc(OC)cc3o2)c1. The van der Waals surface area contributed by atoms with Gasteiger partial charge in [-0.1, -0.05) is 48.5 Å². The predicted octanol–water partition coefficient (Wildman–Crippen LogP) is 6.78. The molecule has 1 heterocycles. The minimum Gasteiger partial charge on any atom is -0.507 e. The van der Waals surface area contributed by atoms with Gasteiger partial charge in [0.1, 0.15) is 45.7 Å². The Kier molecular flexibility index (Phi) is 9.63. The normalized spacial score (nSPS) is 10.6. The van der Waals surface area contributed by atoms with Crippen LogP contribution in [0.2, 0.25) is 0 Å². The molecule has 0 aliphatic rings. The Labute approximate surface area is 243 Å². The van der Waals surface area contributed by atoms with Gasteiger partial charge < -0.3 is 28.5 Å². The van der Waals surface area contributed by atoms with Crippen molar-refractivity contribution in [2.75, 3.05) is 28.4 Å². The van der Waals surface area contributed by atoms with Crippen molar-refractivity contribution in [3.63, 3.8) is 0 Å². The van der Waals surface area contributed by atoms with Gasteiger partial charge in [-0.2, -0.15) is 0 Å². The van der Waals surface area contributed by atoms with Crippen LogP contribution in [0.4, 0.5) is 0 Å². The topological polar surface area (TPSA) is 104 Å². The summed E-state index contributed by atoms with van der Waals surface area (Å²) in [5, 5.41) is 10.5. The van der Waals surface area contributed by atoms with Crippen molar-refractivity contribution in [3.05, 3.63) is 118 Å². The Hall–Kier alpha value is -5.50. The first-order chi connectivity index (χ1) is 20.4. The van der Waals surface area contributed by atoms with Gasteiger partial charge in [-0.05, 0) is 35.9 Å². The molecular formula is C34H30O8. The average molecular weight is 567 g/mol. The largest absolute Gasteiger partial charge is 0.507 e. The molecule has 0 saturated heterocycles. The number of hydrogen-bond acceptors (Lipinski definition) is 8. The Morgan fingerprint density at radius 2 is 1.45 bits per heavy atom. The van der Waals surface area contributed by atoms with Crippen molar-refractivity contribution in [2.45, 2.75) is 0 Å². The maximum Gasteiger partial charge on any atom is 0.193 e. The van der Waals surface area contributed by atoms with Crippen molar-refractivity contribution >= 4 is 22.8 Å². The van der Waals surface area contributed by atoms with Gasteiger partial charge in [0, 0.05) is 29.8 Å². The molecule has 0 aliphatic heterocycles. The van der Waals surface area contributed by atoms with Gasteiger partial charge in [0.15, 0.2) is 11.2 Å². The van der Waals surface area contributed by atoms with Gasteiger partial charge in [-0.25, -0.2) is 0 Å². The van der Waals surface area contributed by atoms with Gasteiger partial charge in [-0.15, -0.1) is 0 Å². The number of methoxy groups -OCH3 is 4. The first-order valence-electron chi connectivity index (χ1n) is 12.9. The molecule has 5 aromatic rings. The van der Waals surface area contributed by atoms with Crippen molar-refractivity contribution in [1.82, 2.24) is 0 Å². The summed E-state index contributed by atoms with van der Waals surface area (Å²) >= 11 is 0. The number of ketones is 1. The van der Waals surface area contributed by atoms with Crippen molar-refractivity contribution in [2.24, 2.45) is 0 Å². The number of carbonyl (C=O) groups excluding carboxylic acids is 1. The van der Waals surface area contributed by atoms with Gasteiger partial charge in [-0.3, -0.25) is 9.59 Å². The summed E-state index contributed by atoms with van der Waals surface area (Å²) in [6.45, 7) is 0. The summed E-state index contributed by atoms with van der Waals surface area (Å²) in [6.07, 6.45) is 3.09. The van der Waals surface area contributed by atoms with Crippen molar-refractivity contribution in [3.8, 4) is 40.1 Å². The summed E-state index contributed by atoms with van der Waals surface area (Å²) in [5.41, 5.74) is 2.22. The van der Waals surface area contributed by atoms with E-state index in [1.165, 1.54) is 32.4 Å². The summed E-state index contributed by atoms with van der Waals surface area (Å²) in [7, 11) is 6.09. The third-order valence-corrected chi connectivity index (χ3v) is 6.27. The van der Waals surface area contributed by atoms with E-state index in [1.807, 2.05) is 54.6 Å². The molecule has 0 saturated carbocycles. The molecule has 0 amide bonds. The van der Waals surface area contributed by atoms with E-state index in [9.17, 15) is 14.7 Å². The van der Waals surface area contributed by atoms with Crippen molar-refractivity contribution < 1.29 is 33.3 Å². The summed E-state index contributed by atoms with van der Waals surface area (Å²) in [4.78, 5) is 24.4. The number of rotatable bonds is 8. The monoisotopic (exact) mass is 566 g/mol. The Morgan fingerprint density at radius 3 is 2.14 bits per heavy atom. The first-order valence-corrected chi connectivity index (χ1v) is 12.9. The van der Waals surface area contributed by atoms with E-state index in [2.05, 4.69) is 0 Å². The van der Waals surface area contributed by atoms with E-state index in [0.29, 0.717) is 34.0 Å². The van der Waals surface area contributed by atoms with E-state index in [-0.39, 0.29) is 28.3 Å². The fraction of sp³-hybridized carbons (Fsp3) is 0.118. The Balaban J connectivity index is 0.000000193. The van der Waals surface area contributed by atoms with E-state index < -0.39 is 0 Å². The van der Waals surface area contributed by atoms with E-state index in [0.717, 1.165) is 11.1 Å². The van der Waals surface area contributed by atoms with Gasteiger partial charge in [0.25, 0.3) is 0 Å². The zero-order valence-corrected chi connectivity index (χ0v) is 23.6. The lowest BCUT2D eigenvalue weighted by Gasteiger charge is -2.10. The third kappa shape index (κ3) is 6.98. The second-order valence-corrected chi connectivity index (χ2v) is 8.90. The van der Waals surface area contributed by atoms with Crippen LogP contribution in [0.3, 0.4) is 0 Å². The maximum atomic E-state index is 12.3. The molecule has 214 valence electrons. The zero-order valence-electron chi connectivity index (χ0n) is 23.6. The minimum absolute atomic E-state index is 0.0864. The molecule has 0 unspecified atom stereocenters. The van der Waals surface area contributed by atoms with Crippen LogP contribution in [0, 0.1) is 0 Å². The molecule has 0 radical (unpaired) electrons. The molecule has 1 aromatic heterocycles. The number of benzene rings is 4. The van der Waals surface area contributed by atoms with Gasteiger partial charge >= 0.3 is 0 Å². The fourth-order valence-electron chi connectivity index (χ4n) is 4.10. The highest BCUT2D eigenvalue weighted by Crippen LogP contribution is 2.34. The molecular weight excluding hydrogens is 536 g/mol. The van der Waals surface area contributed by atoms with Crippen LogP contribution < -0.4 is 24.4 Å². The number of phenolic OH excluding ortho intramolecular Hbond substituents is 1. The van der Waals surface area contributed by atoms with E-state index in [1.54, 1.807) is 44.6 Å². The maximum absolute atomic E-state index is 12.3. The van der Waals surface area contributed by atoms with Gasteiger partial charge in [0.05, 0.1) is 33.8 Å². The van der Waals surface area contributed by atoms with Crippen LogP contribution in [0.1, 0.15) is 15.9 Å². The molecule has 0 aliphatic carbocycles. The Bertz CT molecular complexity index is 1770. The molecule has 0 atom stereocenters. The number of phenols is 1. The van der Waals surface area contributed by atoms with Crippen LogP contribution >= 0.6 is 0 Å². The van der Waals surface area contributed by atoms with E-state index >= 15 is 0 Å². The van der Waals surface area contributed by atoms with Crippen LogP contribution in [0.25, 0.3) is 28.4 Å². The standard InChI is InChI=1S/C17H14O4.C17H16O4/c1-19-12-5-3-4-11(8-12)16-10-15(18)14-7-6-13(20-2)9-17(14)21-16;1-20-13-10-15(19)17(16(11-13)21-2)14(18)9-8-12-6-4-3-5-7-12/h3-10H,1-2H3;3-11,19H,1-2H3. The molecule has 5 rings (SSSR count). The number of carbonyl (C=O) groups is 1.